The normalized spacial score (nSPS) is 16.0. The SMILES string of the molecule is Cc1cc(C)c(NC(=O)CC2CSc3nc4[nH]ncc4c(=O)n32)c(C)c1. The Bertz CT molecular complexity index is 1060. The molecule has 1 unspecified atom stereocenters. The fourth-order valence-corrected chi connectivity index (χ4v) is 4.62. The molecule has 0 radical (unpaired) electrons. The Labute approximate surface area is 154 Å². The Morgan fingerprint density at radius 1 is 1.35 bits per heavy atom. The van der Waals surface area contributed by atoms with Crippen LogP contribution in [0.15, 0.2) is 28.3 Å². The van der Waals surface area contributed by atoms with Gasteiger partial charge in [0.1, 0.15) is 5.39 Å². The minimum absolute atomic E-state index is 0.0994. The lowest BCUT2D eigenvalue weighted by Crippen LogP contribution is -2.27. The van der Waals surface area contributed by atoms with Crippen LogP contribution in [-0.2, 0) is 4.79 Å². The molecule has 1 aliphatic heterocycles. The predicted octanol–water partition coefficient (Wildman–Crippen LogP) is 2.72. The van der Waals surface area contributed by atoms with Gasteiger partial charge in [0.2, 0.25) is 5.91 Å². The highest BCUT2D eigenvalue weighted by atomic mass is 32.2. The Morgan fingerprint density at radius 2 is 2.08 bits per heavy atom. The number of thioether (sulfide) groups is 1. The zero-order valence-electron chi connectivity index (χ0n) is 14.8. The topological polar surface area (TPSA) is 92.7 Å². The number of anilines is 1. The number of aryl methyl sites for hydroxylation is 3. The number of benzene rings is 1. The van der Waals surface area contributed by atoms with Crippen molar-refractivity contribution in [3.8, 4) is 0 Å². The lowest BCUT2D eigenvalue weighted by molar-refractivity contribution is -0.116. The van der Waals surface area contributed by atoms with Crippen molar-refractivity contribution in [2.75, 3.05) is 11.1 Å². The van der Waals surface area contributed by atoms with E-state index in [-0.39, 0.29) is 23.9 Å². The molecule has 3 aromatic rings. The maximum Gasteiger partial charge on any atom is 0.265 e. The summed E-state index contributed by atoms with van der Waals surface area (Å²) in [5.74, 6) is 0.555. The van der Waals surface area contributed by atoms with E-state index < -0.39 is 0 Å². The number of hydrogen-bond acceptors (Lipinski definition) is 5. The van der Waals surface area contributed by atoms with E-state index in [1.54, 1.807) is 4.57 Å². The van der Waals surface area contributed by atoms with E-state index in [0.29, 0.717) is 21.9 Å². The largest absolute Gasteiger partial charge is 0.326 e. The van der Waals surface area contributed by atoms with E-state index in [4.69, 9.17) is 0 Å². The van der Waals surface area contributed by atoms with Crippen LogP contribution in [0.3, 0.4) is 0 Å². The lowest BCUT2D eigenvalue weighted by Gasteiger charge is -2.16. The van der Waals surface area contributed by atoms with Crippen LogP contribution in [-0.4, -0.2) is 31.4 Å². The maximum atomic E-state index is 12.7. The van der Waals surface area contributed by atoms with Gasteiger partial charge in [-0.3, -0.25) is 19.3 Å². The average Bonchev–Trinajstić information content (AvgIpc) is 3.19. The maximum absolute atomic E-state index is 12.7. The number of nitrogens with zero attached hydrogens (tertiary/aromatic N) is 3. The zero-order valence-corrected chi connectivity index (χ0v) is 15.6. The van der Waals surface area contributed by atoms with E-state index in [1.165, 1.54) is 23.5 Å². The van der Waals surface area contributed by atoms with Crippen LogP contribution in [0, 0.1) is 20.8 Å². The second-order valence-electron chi connectivity index (χ2n) is 6.69. The van der Waals surface area contributed by atoms with Gasteiger partial charge in [0.15, 0.2) is 10.8 Å². The number of amides is 1. The van der Waals surface area contributed by atoms with E-state index in [2.05, 4.69) is 20.5 Å². The highest BCUT2D eigenvalue weighted by molar-refractivity contribution is 7.99. The monoisotopic (exact) mass is 369 g/mol. The highest BCUT2D eigenvalue weighted by Gasteiger charge is 2.29. The summed E-state index contributed by atoms with van der Waals surface area (Å²) in [5.41, 5.74) is 4.43. The lowest BCUT2D eigenvalue weighted by atomic mass is 10.0. The molecule has 1 aliphatic rings. The van der Waals surface area contributed by atoms with Gasteiger partial charge in [-0.25, -0.2) is 4.98 Å². The first-order valence-corrected chi connectivity index (χ1v) is 9.38. The Morgan fingerprint density at radius 3 is 2.81 bits per heavy atom. The van der Waals surface area contributed by atoms with Crippen molar-refractivity contribution in [2.45, 2.75) is 38.4 Å². The van der Waals surface area contributed by atoms with Crippen LogP contribution >= 0.6 is 11.8 Å². The van der Waals surface area contributed by atoms with Gasteiger partial charge in [0.25, 0.3) is 5.56 Å². The quantitative estimate of drug-likeness (QED) is 0.693. The molecule has 1 atom stereocenters. The third kappa shape index (κ3) is 2.80. The van der Waals surface area contributed by atoms with Gasteiger partial charge < -0.3 is 5.32 Å². The fourth-order valence-electron chi connectivity index (χ4n) is 3.49. The molecule has 2 aromatic heterocycles. The minimum Gasteiger partial charge on any atom is -0.326 e. The molecule has 7 nitrogen and oxygen atoms in total. The molecule has 0 aliphatic carbocycles. The zero-order chi connectivity index (χ0) is 18.4. The summed E-state index contributed by atoms with van der Waals surface area (Å²) in [7, 11) is 0. The van der Waals surface area contributed by atoms with Crippen molar-refractivity contribution in [3.05, 3.63) is 45.4 Å². The second kappa shape index (κ2) is 6.28. The molecule has 2 N–H and O–H groups in total. The fraction of sp³-hybridized carbons (Fsp3) is 0.333. The first kappa shape index (κ1) is 16.8. The number of rotatable bonds is 3. The van der Waals surface area contributed by atoms with Crippen LogP contribution < -0.4 is 10.9 Å². The second-order valence-corrected chi connectivity index (χ2v) is 7.68. The molecule has 4 rings (SSSR count). The van der Waals surface area contributed by atoms with Gasteiger partial charge in [-0.1, -0.05) is 29.5 Å². The van der Waals surface area contributed by atoms with Crippen LogP contribution in [0.5, 0.6) is 0 Å². The number of nitrogens with one attached hydrogen (secondary N) is 2. The van der Waals surface area contributed by atoms with Crippen molar-refractivity contribution in [3.63, 3.8) is 0 Å². The number of aromatic nitrogens is 4. The van der Waals surface area contributed by atoms with Crippen molar-refractivity contribution >= 4 is 34.4 Å². The number of carbonyl (C=O) groups is 1. The van der Waals surface area contributed by atoms with Gasteiger partial charge in [0, 0.05) is 17.9 Å². The third-order valence-electron chi connectivity index (χ3n) is 4.61. The molecule has 1 aromatic carbocycles. The predicted molar refractivity (Wildman–Crippen MR) is 102 cm³/mol. The molecule has 3 heterocycles. The summed E-state index contributed by atoms with van der Waals surface area (Å²) < 4.78 is 1.62. The number of fused-ring (bicyclic) bond motifs is 2. The van der Waals surface area contributed by atoms with Crippen molar-refractivity contribution in [1.29, 1.82) is 0 Å². The highest BCUT2D eigenvalue weighted by Crippen LogP contribution is 2.33. The number of aromatic amines is 1. The van der Waals surface area contributed by atoms with Gasteiger partial charge >= 0.3 is 0 Å². The van der Waals surface area contributed by atoms with Crippen molar-refractivity contribution in [1.82, 2.24) is 19.7 Å². The summed E-state index contributed by atoms with van der Waals surface area (Å²) in [6.07, 6.45) is 1.72. The van der Waals surface area contributed by atoms with Gasteiger partial charge in [-0.05, 0) is 31.9 Å². The summed E-state index contributed by atoms with van der Waals surface area (Å²) in [4.78, 5) is 29.7. The van der Waals surface area contributed by atoms with Crippen molar-refractivity contribution < 1.29 is 4.79 Å². The van der Waals surface area contributed by atoms with E-state index in [9.17, 15) is 9.59 Å². The molecule has 0 fully saturated rings. The average molecular weight is 369 g/mol. The first-order chi connectivity index (χ1) is 12.4. The molecular weight excluding hydrogens is 350 g/mol. The first-order valence-electron chi connectivity index (χ1n) is 8.40. The van der Waals surface area contributed by atoms with Crippen LogP contribution in [0.2, 0.25) is 0 Å². The smallest absolute Gasteiger partial charge is 0.265 e. The molecule has 26 heavy (non-hydrogen) atoms. The molecule has 8 heteroatoms. The molecule has 0 bridgehead atoms. The molecule has 0 spiro atoms. The summed E-state index contributed by atoms with van der Waals surface area (Å²) in [5, 5.41) is 10.7. The van der Waals surface area contributed by atoms with E-state index in [0.717, 1.165) is 16.8 Å². The summed E-state index contributed by atoms with van der Waals surface area (Å²) >= 11 is 1.49. The molecule has 0 saturated heterocycles. The van der Waals surface area contributed by atoms with Crippen LogP contribution in [0.25, 0.3) is 11.0 Å². The molecule has 134 valence electrons. The number of H-pyrrole nitrogens is 1. The van der Waals surface area contributed by atoms with Crippen LogP contribution in [0.4, 0.5) is 5.69 Å². The minimum atomic E-state index is -0.208. The molecule has 1 amide bonds. The molecule has 0 saturated carbocycles. The van der Waals surface area contributed by atoms with Crippen molar-refractivity contribution in [2.24, 2.45) is 0 Å². The Balaban J connectivity index is 1.59. The summed E-state index contributed by atoms with van der Waals surface area (Å²) in [6.45, 7) is 6.01. The third-order valence-corrected chi connectivity index (χ3v) is 5.71. The van der Waals surface area contributed by atoms with E-state index in [1.807, 2.05) is 32.9 Å². The van der Waals surface area contributed by atoms with Gasteiger partial charge in [0.05, 0.1) is 12.2 Å². The number of carbonyl (C=O) groups excluding carboxylic acids is 1. The van der Waals surface area contributed by atoms with Gasteiger partial charge in [-0.15, -0.1) is 0 Å². The summed E-state index contributed by atoms with van der Waals surface area (Å²) in [6, 6.07) is 3.89. The standard InChI is InChI=1S/C18H19N5O2S/c1-9-4-10(2)15(11(3)5-9)20-14(24)6-12-8-26-18-21-16-13(7-19-22-16)17(25)23(12)18/h4-5,7,12H,6,8H2,1-3H3,(H,19,22)(H,20,24). The number of hydrogen-bond donors (Lipinski definition) is 2. The van der Waals surface area contributed by atoms with Crippen LogP contribution in [0.1, 0.15) is 29.2 Å². The molecular formula is C18H19N5O2S. The Kier molecular flexibility index (Phi) is 4.07. The van der Waals surface area contributed by atoms with Gasteiger partial charge in [-0.2, -0.15) is 5.10 Å². The Hall–Kier alpha value is -2.61. The van der Waals surface area contributed by atoms with E-state index >= 15 is 0 Å².